The zero-order valence-electron chi connectivity index (χ0n) is 15.3. The number of cyclic esters (lactones) is 1. The molecule has 1 aromatic rings. The zero-order chi connectivity index (χ0) is 20.3. The molecule has 0 bridgehead atoms. The van der Waals surface area contributed by atoms with Gasteiger partial charge >= 0.3 is 6.09 Å². The van der Waals surface area contributed by atoms with Crippen molar-refractivity contribution in [2.45, 2.75) is 13.0 Å². The van der Waals surface area contributed by atoms with E-state index >= 15 is 0 Å². The number of nitrogens with zero attached hydrogens (tertiary/aromatic N) is 4. The van der Waals surface area contributed by atoms with Crippen LogP contribution in [0.5, 0.6) is 0 Å². The van der Waals surface area contributed by atoms with Crippen molar-refractivity contribution >= 4 is 35.6 Å². The van der Waals surface area contributed by atoms with Gasteiger partial charge < -0.3 is 20.7 Å². The second-order valence-corrected chi connectivity index (χ2v) is 6.47. The molecule has 0 aliphatic carbocycles. The van der Waals surface area contributed by atoms with Crippen molar-refractivity contribution in [2.75, 3.05) is 42.5 Å². The number of carbonyl (C=O) groups excluding carboxylic acids is 3. The molecule has 3 N–H and O–H groups in total. The Balaban J connectivity index is 1.67. The van der Waals surface area contributed by atoms with Crippen LogP contribution in [0.2, 0.25) is 0 Å². The molecule has 2 aliphatic rings. The largest absolute Gasteiger partial charge is 0.442 e. The van der Waals surface area contributed by atoms with Gasteiger partial charge in [-0.25, -0.2) is 9.18 Å². The summed E-state index contributed by atoms with van der Waals surface area (Å²) in [4.78, 5) is 36.9. The summed E-state index contributed by atoms with van der Waals surface area (Å²) in [6.07, 6.45) is 0.340. The van der Waals surface area contributed by atoms with E-state index in [0.717, 1.165) is 0 Å². The molecule has 1 fully saturated rings. The highest BCUT2D eigenvalue weighted by Gasteiger charge is 2.33. The van der Waals surface area contributed by atoms with E-state index in [1.807, 2.05) is 0 Å². The maximum atomic E-state index is 14.6. The summed E-state index contributed by atoms with van der Waals surface area (Å²) in [5, 5.41) is 8.16. The van der Waals surface area contributed by atoms with Crippen LogP contribution in [0.25, 0.3) is 0 Å². The Labute approximate surface area is 160 Å². The summed E-state index contributed by atoms with van der Waals surface area (Å²) < 4.78 is 19.8. The summed E-state index contributed by atoms with van der Waals surface area (Å²) in [7, 11) is 0. The zero-order valence-corrected chi connectivity index (χ0v) is 15.3. The first-order valence-electron chi connectivity index (χ1n) is 8.69. The Morgan fingerprint density at radius 1 is 1.39 bits per heavy atom. The molecule has 0 spiro atoms. The molecule has 1 atom stereocenters. The number of halogens is 1. The van der Waals surface area contributed by atoms with Gasteiger partial charge in [-0.15, -0.1) is 0 Å². The molecule has 3 amide bonds. The predicted molar refractivity (Wildman–Crippen MR) is 99.3 cm³/mol. The monoisotopic (exact) mass is 392 g/mol. The van der Waals surface area contributed by atoms with Crippen LogP contribution in [0.15, 0.2) is 23.3 Å². The number of hydrazone groups is 1. The molecule has 3 rings (SSSR count). The number of nitrogens with two attached hydrogens (primary N) is 1. The summed E-state index contributed by atoms with van der Waals surface area (Å²) in [5.74, 6) is -1.23. The Morgan fingerprint density at radius 3 is 2.79 bits per heavy atom. The number of hydrogen-bond acceptors (Lipinski definition) is 7. The maximum absolute atomic E-state index is 14.6. The highest BCUT2D eigenvalue weighted by Crippen LogP contribution is 2.28. The topological polar surface area (TPSA) is 121 Å². The first-order valence-corrected chi connectivity index (χ1v) is 8.69. The van der Waals surface area contributed by atoms with Gasteiger partial charge in [-0.05, 0) is 18.2 Å². The smallest absolute Gasteiger partial charge is 0.414 e. The number of nitrogens with one attached hydrogen (secondary N) is 1. The Hall–Kier alpha value is -3.37. The number of amides is 3. The van der Waals surface area contributed by atoms with Gasteiger partial charge in [-0.1, -0.05) is 0 Å². The predicted octanol–water partition coefficient (Wildman–Crippen LogP) is -0.162. The van der Waals surface area contributed by atoms with Crippen molar-refractivity contribution in [3.8, 4) is 0 Å². The average Bonchev–Trinajstić information content (AvgIpc) is 3.01. The van der Waals surface area contributed by atoms with Crippen molar-refractivity contribution in [1.29, 1.82) is 0 Å². The van der Waals surface area contributed by atoms with Crippen LogP contribution < -0.4 is 20.9 Å². The van der Waals surface area contributed by atoms with E-state index in [-0.39, 0.29) is 25.5 Å². The number of rotatable bonds is 6. The van der Waals surface area contributed by atoms with Crippen LogP contribution in [0, 0.1) is 5.82 Å². The Morgan fingerprint density at radius 2 is 2.18 bits per heavy atom. The Kier molecular flexibility index (Phi) is 5.62. The molecule has 2 heterocycles. The first-order chi connectivity index (χ1) is 13.3. The van der Waals surface area contributed by atoms with Gasteiger partial charge in [0.05, 0.1) is 31.0 Å². The molecule has 11 heteroatoms. The van der Waals surface area contributed by atoms with Crippen LogP contribution >= 0.6 is 0 Å². The summed E-state index contributed by atoms with van der Waals surface area (Å²) in [6.45, 7) is 2.64. The molecular weight excluding hydrogens is 371 g/mol. The fourth-order valence-corrected chi connectivity index (χ4v) is 2.95. The summed E-state index contributed by atoms with van der Waals surface area (Å²) >= 11 is 0. The van der Waals surface area contributed by atoms with E-state index in [2.05, 4.69) is 10.4 Å². The van der Waals surface area contributed by atoms with Crippen molar-refractivity contribution in [3.05, 3.63) is 24.0 Å². The van der Waals surface area contributed by atoms with Crippen molar-refractivity contribution in [2.24, 2.45) is 10.8 Å². The first kappa shape index (κ1) is 19.4. The molecule has 28 heavy (non-hydrogen) atoms. The van der Waals surface area contributed by atoms with E-state index in [1.165, 1.54) is 29.2 Å². The summed E-state index contributed by atoms with van der Waals surface area (Å²) in [6, 6.07) is 4.42. The van der Waals surface area contributed by atoms with Gasteiger partial charge in [0.25, 0.3) is 0 Å². The lowest BCUT2D eigenvalue weighted by Crippen LogP contribution is -2.41. The highest BCUT2D eigenvalue weighted by atomic mass is 19.1. The lowest BCUT2D eigenvalue weighted by atomic mass is 10.2. The van der Waals surface area contributed by atoms with E-state index < -0.39 is 23.9 Å². The lowest BCUT2D eigenvalue weighted by molar-refractivity contribution is -0.120. The van der Waals surface area contributed by atoms with Crippen molar-refractivity contribution < 1.29 is 23.5 Å². The molecule has 0 radical (unpaired) electrons. The second-order valence-electron chi connectivity index (χ2n) is 6.47. The van der Waals surface area contributed by atoms with Gasteiger partial charge in [0, 0.05) is 13.5 Å². The number of ether oxygens (including phenoxy) is 1. The summed E-state index contributed by atoms with van der Waals surface area (Å²) in [5.41, 5.74) is 5.79. The normalized spacial score (nSPS) is 19.0. The van der Waals surface area contributed by atoms with Crippen LogP contribution in [-0.2, 0) is 14.3 Å². The van der Waals surface area contributed by atoms with Crippen LogP contribution in [0.3, 0.4) is 0 Å². The maximum Gasteiger partial charge on any atom is 0.414 e. The van der Waals surface area contributed by atoms with Crippen molar-refractivity contribution in [3.63, 3.8) is 0 Å². The minimum Gasteiger partial charge on any atom is -0.442 e. The average molecular weight is 392 g/mol. The third-order valence-corrected chi connectivity index (χ3v) is 4.30. The quantitative estimate of drug-likeness (QED) is 0.694. The van der Waals surface area contributed by atoms with E-state index in [0.29, 0.717) is 24.5 Å². The molecule has 0 aromatic heterocycles. The van der Waals surface area contributed by atoms with E-state index in [9.17, 15) is 18.8 Å². The fourth-order valence-electron chi connectivity index (χ4n) is 2.95. The molecule has 1 aromatic carbocycles. The molecule has 2 aliphatic heterocycles. The van der Waals surface area contributed by atoms with Crippen molar-refractivity contribution in [1.82, 2.24) is 10.3 Å². The Bertz CT molecular complexity index is 817. The number of hydrogen-bond donors (Lipinski definition) is 2. The van der Waals surface area contributed by atoms with Gasteiger partial charge in [0.2, 0.25) is 11.8 Å². The fraction of sp³-hybridized carbons (Fsp3) is 0.412. The second kappa shape index (κ2) is 8.11. The molecule has 0 saturated carbocycles. The third kappa shape index (κ3) is 4.48. The van der Waals surface area contributed by atoms with Gasteiger partial charge in [0.15, 0.2) is 0 Å². The standard InChI is InChI=1S/C17H21FN6O4/c1-11(25)20-7-13-8-24(17(27)28-13)12-2-3-15(14(18)6-12)22-4-5-23(21-10-22)9-16(19)26/h2-3,6,10,13H,4-5,7-9H2,1H3,(H2,19,26)(H,20,25)/t13-/m0/s1. The van der Waals surface area contributed by atoms with Crippen LogP contribution in [0.4, 0.5) is 20.6 Å². The van der Waals surface area contributed by atoms with E-state index in [4.69, 9.17) is 10.5 Å². The third-order valence-electron chi connectivity index (χ3n) is 4.30. The molecule has 1 saturated heterocycles. The molecular formula is C17H21FN6O4. The minimum atomic E-state index is -0.593. The molecule has 150 valence electrons. The number of carbonyl (C=O) groups is 3. The number of benzene rings is 1. The number of primary amides is 1. The van der Waals surface area contributed by atoms with Crippen LogP contribution in [0.1, 0.15) is 6.92 Å². The van der Waals surface area contributed by atoms with Crippen LogP contribution in [-0.4, -0.2) is 68.1 Å². The SMILES string of the molecule is CC(=O)NC[C@H]1CN(c2ccc(N3C=NN(CC(N)=O)CC3)c(F)c2)C(=O)O1. The number of anilines is 2. The van der Waals surface area contributed by atoms with E-state index in [1.54, 1.807) is 17.0 Å². The lowest BCUT2D eigenvalue weighted by Gasteiger charge is -2.29. The van der Waals surface area contributed by atoms with Gasteiger partial charge in [-0.3, -0.25) is 19.5 Å². The highest BCUT2D eigenvalue weighted by molar-refractivity contribution is 5.90. The minimum absolute atomic E-state index is 0.00246. The van der Waals surface area contributed by atoms with Gasteiger partial charge in [-0.2, -0.15) is 5.10 Å². The van der Waals surface area contributed by atoms with Gasteiger partial charge in [0.1, 0.15) is 24.8 Å². The molecule has 10 nitrogen and oxygen atoms in total. The molecule has 0 unspecified atom stereocenters.